The Kier molecular flexibility index (Phi) is 7.97. The summed E-state index contributed by atoms with van der Waals surface area (Å²) in [6, 6.07) is 3.64. The molecule has 3 aromatic rings. The van der Waals surface area contributed by atoms with Crippen LogP contribution >= 0.6 is 57.9 Å². The highest BCUT2D eigenvalue weighted by atomic mass is 35.5. The molecule has 13 heteroatoms. The van der Waals surface area contributed by atoms with Crippen molar-refractivity contribution in [3.63, 3.8) is 0 Å². The number of nitrogens with one attached hydrogen (secondary N) is 2. The van der Waals surface area contributed by atoms with Crippen molar-refractivity contribution in [3.8, 4) is 16.9 Å². The predicted octanol–water partition coefficient (Wildman–Crippen LogP) is 6.50. The first-order valence-corrected chi connectivity index (χ1v) is 13.1. The highest BCUT2D eigenvalue weighted by Crippen LogP contribution is 2.40. The van der Waals surface area contributed by atoms with E-state index in [1.807, 2.05) is 0 Å². The van der Waals surface area contributed by atoms with Gasteiger partial charge in [-0.25, -0.2) is 4.39 Å². The lowest BCUT2D eigenvalue weighted by atomic mass is 10.0. The van der Waals surface area contributed by atoms with Gasteiger partial charge in [-0.1, -0.05) is 46.4 Å². The van der Waals surface area contributed by atoms with Crippen LogP contribution in [-0.2, 0) is 4.79 Å². The highest BCUT2D eigenvalue weighted by molar-refractivity contribution is 7.11. The molecular formula is C23H19Cl4FN4O3S. The molecule has 0 spiro atoms. The van der Waals surface area contributed by atoms with Gasteiger partial charge in [-0.15, -0.1) is 0 Å². The summed E-state index contributed by atoms with van der Waals surface area (Å²) < 4.78 is 24.7. The Morgan fingerprint density at radius 1 is 1.22 bits per heavy atom. The van der Waals surface area contributed by atoms with Crippen molar-refractivity contribution in [2.45, 2.75) is 38.3 Å². The molecule has 1 aromatic carbocycles. The molecule has 0 saturated heterocycles. The summed E-state index contributed by atoms with van der Waals surface area (Å²) in [4.78, 5) is 29.8. The third kappa shape index (κ3) is 5.40. The fourth-order valence-corrected chi connectivity index (χ4v) is 5.38. The van der Waals surface area contributed by atoms with Crippen molar-refractivity contribution in [1.82, 2.24) is 20.0 Å². The van der Waals surface area contributed by atoms with Crippen molar-refractivity contribution in [3.05, 3.63) is 61.0 Å². The Morgan fingerprint density at radius 3 is 2.53 bits per heavy atom. The SMILES string of the molecule is CCOc1c(Cl)cc(Cl)cc1-c1cnc([C@@H](C)NC(=O)C2(NC(=O)c3c(Cl)nsc3Cl)CC2)c(F)c1. The Balaban J connectivity index is 1.51. The molecule has 0 radical (unpaired) electrons. The molecule has 0 aliphatic heterocycles. The molecule has 0 unspecified atom stereocenters. The zero-order valence-electron chi connectivity index (χ0n) is 18.9. The number of amides is 2. The minimum absolute atomic E-state index is 0.0197. The van der Waals surface area contributed by atoms with Crippen LogP contribution in [0.2, 0.25) is 19.5 Å². The molecule has 2 heterocycles. The molecule has 1 aliphatic rings. The third-order valence-electron chi connectivity index (χ3n) is 5.61. The lowest BCUT2D eigenvalue weighted by molar-refractivity contribution is -0.124. The van der Waals surface area contributed by atoms with Crippen LogP contribution < -0.4 is 15.4 Å². The largest absolute Gasteiger partial charge is 0.492 e. The number of aromatic nitrogens is 2. The molecular weight excluding hydrogens is 573 g/mol. The first kappa shape index (κ1) is 26.9. The maximum Gasteiger partial charge on any atom is 0.257 e. The standard InChI is InChI=1S/C23H19Cl4FN4O3S/c1-3-35-18-13(7-12(24)8-14(18)25)11-6-15(28)17(29-9-11)10(2)30-22(34)23(4-5-23)31-21(33)16-19(26)32-36-20(16)27/h6-10H,3-5H2,1-2H3,(H,30,34)(H,31,33)/t10-/m1/s1. The zero-order valence-corrected chi connectivity index (χ0v) is 22.8. The number of hydrogen-bond donors (Lipinski definition) is 2. The number of pyridine rings is 1. The van der Waals surface area contributed by atoms with E-state index in [0.717, 1.165) is 11.5 Å². The van der Waals surface area contributed by atoms with Crippen LogP contribution in [0, 0.1) is 5.82 Å². The Bertz CT molecular complexity index is 1330. The minimum atomic E-state index is -1.14. The van der Waals surface area contributed by atoms with Crippen LogP contribution in [0.5, 0.6) is 5.75 Å². The smallest absolute Gasteiger partial charge is 0.257 e. The van der Waals surface area contributed by atoms with E-state index in [-0.39, 0.29) is 20.7 Å². The van der Waals surface area contributed by atoms with Gasteiger partial charge in [0.25, 0.3) is 5.91 Å². The van der Waals surface area contributed by atoms with Crippen molar-refractivity contribution in [2.24, 2.45) is 0 Å². The highest BCUT2D eigenvalue weighted by Gasteiger charge is 2.52. The molecule has 1 fully saturated rings. The lowest BCUT2D eigenvalue weighted by Gasteiger charge is -2.21. The summed E-state index contributed by atoms with van der Waals surface area (Å²) in [6.45, 7) is 3.75. The molecule has 0 bridgehead atoms. The van der Waals surface area contributed by atoms with Gasteiger partial charge in [-0.3, -0.25) is 14.6 Å². The molecule has 4 rings (SSSR count). The third-order valence-corrected chi connectivity index (χ3v) is 7.52. The van der Waals surface area contributed by atoms with E-state index in [0.29, 0.717) is 46.4 Å². The van der Waals surface area contributed by atoms with Gasteiger partial charge in [-0.2, -0.15) is 4.37 Å². The monoisotopic (exact) mass is 590 g/mol. The molecule has 190 valence electrons. The van der Waals surface area contributed by atoms with Crippen LogP contribution in [0.1, 0.15) is 48.8 Å². The van der Waals surface area contributed by atoms with Gasteiger partial charge >= 0.3 is 0 Å². The number of nitrogens with zero attached hydrogens (tertiary/aromatic N) is 2. The van der Waals surface area contributed by atoms with Gasteiger partial charge < -0.3 is 15.4 Å². The molecule has 2 aromatic heterocycles. The summed E-state index contributed by atoms with van der Waals surface area (Å²) in [5, 5.41) is 6.02. The summed E-state index contributed by atoms with van der Waals surface area (Å²) in [5.41, 5.74) is -0.199. The molecule has 2 N–H and O–H groups in total. The van der Waals surface area contributed by atoms with Gasteiger partial charge in [0.2, 0.25) is 5.91 Å². The molecule has 1 saturated carbocycles. The summed E-state index contributed by atoms with van der Waals surface area (Å²) in [7, 11) is 0. The molecule has 1 atom stereocenters. The van der Waals surface area contributed by atoms with Crippen LogP contribution in [0.15, 0.2) is 24.4 Å². The van der Waals surface area contributed by atoms with Gasteiger partial charge in [0.1, 0.15) is 27.0 Å². The van der Waals surface area contributed by atoms with E-state index in [1.165, 1.54) is 18.3 Å². The van der Waals surface area contributed by atoms with Gasteiger partial charge in [-0.05, 0) is 56.4 Å². The van der Waals surface area contributed by atoms with Gasteiger partial charge in [0.05, 0.1) is 23.4 Å². The van der Waals surface area contributed by atoms with Gasteiger partial charge in [0, 0.05) is 22.3 Å². The number of rotatable bonds is 8. The van der Waals surface area contributed by atoms with E-state index in [4.69, 9.17) is 51.1 Å². The van der Waals surface area contributed by atoms with Gasteiger partial charge in [0.15, 0.2) is 5.15 Å². The molecule has 1 aliphatic carbocycles. The Morgan fingerprint density at radius 2 is 1.94 bits per heavy atom. The minimum Gasteiger partial charge on any atom is -0.492 e. The maximum absolute atomic E-state index is 15.1. The van der Waals surface area contributed by atoms with Crippen LogP contribution in [0.3, 0.4) is 0 Å². The quantitative estimate of drug-likeness (QED) is 0.312. The van der Waals surface area contributed by atoms with E-state index in [9.17, 15) is 9.59 Å². The van der Waals surface area contributed by atoms with Crippen molar-refractivity contribution < 1.29 is 18.7 Å². The second-order valence-electron chi connectivity index (χ2n) is 8.14. The Hall–Kier alpha value is -2.17. The van der Waals surface area contributed by atoms with Crippen molar-refractivity contribution in [2.75, 3.05) is 6.61 Å². The fraction of sp³-hybridized carbons (Fsp3) is 0.304. The summed E-state index contributed by atoms with van der Waals surface area (Å²) in [6.07, 6.45) is 2.27. The predicted molar refractivity (Wildman–Crippen MR) is 139 cm³/mol. The first-order valence-electron chi connectivity index (χ1n) is 10.8. The van der Waals surface area contributed by atoms with Crippen LogP contribution in [0.25, 0.3) is 11.1 Å². The number of carbonyl (C=O) groups excluding carboxylic acids is 2. The number of ether oxygens (including phenoxy) is 1. The number of hydrogen-bond acceptors (Lipinski definition) is 6. The number of halogens is 5. The average molecular weight is 592 g/mol. The van der Waals surface area contributed by atoms with E-state index >= 15 is 4.39 Å². The fourth-order valence-electron chi connectivity index (χ4n) is 3.63. The molecule has 2 amide bonds. The van der Waals surface area contributed by atoms with E-state index in [2.05, 4.69) is 20.0 Å². The molecule has 36 heavy (non-hydrogen) atoms. The second kappa shape index (κ2) is 10.7. The topological polar surface area (TPSA) is 93.2 Å². The molecule has 7 nitrogen and oxygen atoms in total. The number of benzene rings is 1. The van der Waals surface area contributed by atoms with E-state index in [1.54, 1.807) is 19.9 Å². The van der Waals surface area contributed by atoms with Crippen LogP contribution in [0.4, 0.5) is 4.39 Å². The number of carbonyl (C=O) groups is 2. The first-order chi connectivity index (χ1) is 17.1. The summed E-state index contributed by atoms with van der Waals surface area (Å²) in [5.74, 6) is -1.34. The lowest BCUT2D eigenvalue weighted by Crippen LogP contribution is -2.49. The zero-order chi connectivity index (χ0) is 26.2. The van der Waals surface area contributed by atoms with Crippen molar-refractivity contribution >= 4 is 69.8 Å². The van der Waals surface area contributed by atoms with Crippen LogP contribution in [-0.4, -0.2) is 33.3 Å². The second-order valence-corrected chi connectivity index (χ2v) is 10.7. The average Bonchev–Trinajstić information content (AvgIpc) is 3.51. The maximum atomic E-state index is 15.1. The Labute approximate surface area is 230 Å². The summed E-state index contributed by atoms with van der Waals surface area (Å²) >= 11 is 25.2. The van der Waals surface area contributed by atoms with Crippen molar-refractivity contribution in [1.29, 1.82) is 0 Å². The van der Waals surface area contributed by atoms with E-state index < -0.39 is 29.2 Å². The normalized spacial score (nSPS) is 14.8.